The molecule has 0 saturated carbocycles. The fraction of sp³-hybridized carbons (Fsp3) is 0.786. The van der Waals surface area contributed by atoms with Crippen molar-refractivity contribution >= 4 is 15.9 Å². The van der Waals surface area contributed by atoms with E-state index in [1.165, 1.54) is 5.69 Å². The monoisotopic (exact) mass is 315 g/mol. The zero-order valence-electron chi connectivity index (χ0n) is 12.3. The van der Waals surface area contributed by atoms with Crippen LogP contribution in [0.4, 0.5) is 0 Å². The molecule has 104 valence electrons. The highest BCUT2D eigenvalue weighted by Crippen LogP contribution is 2.33. The molecule has 1 rings (SSSR count). The second-order valence-corrected chi connectivity index (χ2v) is 6.83. The quantitative estimate of drug-likeness (QED) is 0.855. The van der Waals surface area contributed by atoms with Crippen LogP contribution in [0.3, 0.4) is 0 Å². The summed E-state index contributed by atoms with van der Waals surface area (Å²) in [6.45, 7) is 13.1. The molecule has 0 fully saturated rings. The van der Waals surface area contributed by atoms with E-state index in [4.69, 9.17) is 0 Å². The Bertz CT molecular complexity index is 366. The van der Waals surface area contributed by atoms with Crippen molar-refractivity contribution in [3.05, 3.63) is 16.4 Å². The van der Waals surface area contributed by atoms with Crippen LogP contribution < -0.4 is 5.32 Å². The van der Waals surface area contributed by atoms with Crippen molar-refractivity contribution in [3.63, 3.8) is 0 Å². The fourth-order valence-corrected chi connectivity index (χ4v) is 2.81. The molecule has 0 aromatic carbocycles. The smallest absolute Gasteiger partial charge is 0.0695 e. The number of hydrogen-bond donors (Lipinski definition) is 1. The van der Waals surface area contributed by atoms with Gasteiger partial charge in [-0.1, -0.05) is 34.6 Å². The number of rotatable bonds is 6. The standard InChI is InChI=1S/C14H26BrN3/c1-6-8-18-13(11(15)10-17-18)12(16-7-2)9-14(3,4)5/h10,12,16H,6-9H2,1-5H3. The number of nitrogens with zero attached hydrogens (tertiary/aromatic N) is 2. The average molecular weight is 316 g/mol. The van der Waals surface area contributed by atoms with Crippen LogP contribution in [0.5, 0.6) is 0 Å². The fourth-order valence-electron chi connectivity index (χ4n) is 2.23. The zero-order valence-corrected chi connectivity index (χ0v) is 13.8. The molecule has 0 spiro atoms. The molecule has 3 nitrogen and oxygen atoms in total. The molecule has 18 heavy (non-hydrogen) atoms. The molecule has 1 unspecified atom stereocenters. The Morgan fingerprint density at radius 1 is 1.39 bits per heavy atom. The Morgan fingerprint density at radius 2 is 2.06 bits per heavy atom. The highest BCUT2D eigenvalue weighted by Gasteiger charge is 2.24. The van der Waals surface area contributed by atoms with E-state index in [0.717, 1.165) is 30.4 Å². The molecule has 0 bridgehead atoms. The molecule has 1 N–H and O–H groups in total. The van der Waals surface area contributed by atoms with E-state index in [1.807, 2.05) is 6.20 Å². The molecule has 1 aromatic rings. The van der Waals surface area contributed by atoms with Crippen LogP contribution >= 0.6 is 15.9 Å². The average Bonchev–Trinajstić information content (AvgIpc) is 2.58. The van der Waals surface area contributed by atoms with Gasteiger partial charge in [0.15, 0.2) is 0 Å². The maximum atomic E-state index is 4.47. The molecular formula is C14H26BrN3. The van der Waals surface area contributed by atoms with Gasteiger partial charge >= 0.3 is 0 Å². The summed E-state index contributed by atoms with van der Waals surface area (Å²) in [4.78, 5) is 0. The summed E-state index contributed by atoms with van der Waals surface area (Å²) in [6.07, 6.45) is 4.13. The highest BCUT2D eigenvalue weighted by molar-refractivity contribution is 9.10. The lowest BCUT2D eigenvalue weighted by Gasteiger charge is -2.27. The predicted octanol–water partition coefficient (Wildman–Crippen LogP) is 4.14. The predicted molar refractivity (Wildman–Crippen MR) is 80.7 cm³/mol. The summed E-state index contributed by atoms with van der Waals surface area (Å²) in [5.41, 5.74) is 1.58. The minimum atomic E-state index is 0.299. The molecule has 0 saturated heterocycles. The van der Waals surface area contributed by atoms with Crippen molar-refractivity contribution in [2.45, 2.75) is 60.0 Å². The summed E-state index contributed by atoms with van der Waals surface area (Å²) < 4.78 is 3.24. The molecule has 1 heterocycles. The summed E-state index contributed by atoms with van der Waals surface area (Å²) in [7, 11) is 0. The van der Waals surface area contributed by atoms with E-state index in [-0.39, 0.29) is 0 Å². The van der Waals surface area contributed by atoms with Crippen LogP contribution in [0.25, 0.3) is 0 Å². The molecule has 0 amide bonds. The van der Waals surface area contributed by atoms with E-state index in [1.54, 1.807) is 0 Å². The Labute approximate surface area is 119 Å². The van der Waals surface area contributed by atoms with Gasteiger partial charge in [-0.2, -0.15) is 5.10 Å². The molecule has 0 aliphatic heterocycles. The van der Waals surface area contributed by atoms with Gasteiger partial charge in [0.25, 0.3) is 0 Å². The normalized spacial score (nSPS) is 13.9. The molecule has 0 aliphatic carbocycles. The first-order chi connectivity index (χ1) is 8.39. The Morgan fingerprint density at radius 3 is 2.56 bits per heavy atom. The largest absolute Gasteiger partial charge is 0.309 e. The molecule has 1 atom stereocenters. The zero-order chi connectivity index (χ0) is 13.8. The van der Waals surface area contributed by atoms with E-state index >= 15 is 0 Å². The van der Waals surface area contributed by atoms with Crippen LogP contribution in [0, 0.1) is 5.41 Å². The minimum Gasteiger partial charge on any atom is -0.309 e. The van der Waals surface area contributed by atoms with Gasteiger partial charge in [0.2, 0.25) is 0 Å². The lowest BCUT2D eigenvalue weighted by molar-refractivity contribution is 0.302. The van der Waals surface area contributed by atoms with Gasteiger partial charge in [-0.25, -0.2) is 0 Å². The van der Waals surface area contributed by atoms with Gasteiger partial charge < -0.3 is 5.32 Å². The summed E-state index contributed by atoms with van der Waals surface area (Å²) in [6, 6.07) is 0.360. The van der Waals surface area contributed by atoms with Gasteiger partial charge in [0.05, 0.1) is 22.4 Å². The number of halogens is 1. The first-order valence-electron chi connectivity index (χ1n) is 6.83. The second-order valence-electron chi connectivity index (χ2n) is 5.98. The Kier molecular flexibility index (Phi) is 5.86. The topological polar surface area (TPSA) is 29.9 Å². The number of hydrogen-bond acceptors (Lipinski definition) is 2. The van der Waals surface area contributed by atoms with Crippen molar-refractivity contribution in [1.82, 2.24) is 15.1 Å². The lowest BCUT2D eigenvalue weighted by atomic mass is 9.87. The minimum absolute atomic E-state index is 0.299. The second kappa shape index (κ2) is 6.71. The van der Waals surface area contributed by atoms with Gasteiger partial charge in [-0.05, 0) is 40.7 Å². The van der Waals surface area contributed by atoms with Crippen molar-refractivity contribution in [2.75, 3.05) is 6.54 Å². The summed E-state index contributed by atoms with van der Waals surface area (Å²) in [5.74, 6) is 0. The highest BCUT2D eigenvalue weighted by atomic mass is 79.9. The van der Waals surface area contributed by atoms with E-state index < -0.39 is 0 Å². The van der Waals surface area contributed by atoms with E-state index in [9.17, 15) is 0 Å². The molecule has 0 aliphatic rings. The lowest BCUT2D eigenvalue weighted by Crippen LogP contribution is -2.28. The molecule has 0 radical (unpaired) electrons. The first kappa shape index (κ1) is 15.7. The molecule has 4 heteroatoms. The summed E-state index contributed by atoms with van der Waals surface area (Å²) in [5, 5.41) is 8.06. The van der Waals surface area contributed by atoms with Crippen molar-refractivity contribution in [3.8, 4) is 0 Å². The van der Waals surface area contributed by atoms with Crippen molar-refractivity contribution < 1.29 is 0 Å². The van der Waals surface area contributed by atoms with Crippen LogP contribution in [-0.4, -0.2) is 16.3 Å². The van der Waals surface area contributed by atoms with E-state index in [0.29, 0.717) is 11.5 Å². The molecule has 1 aromatic heterocycles. The SMILES string of the molecule is CCCn1ncc(Br)c1C(CC(C)(C)C)NCC. The Hall–Kier alpha value is -0.350. The third-order valence-electron chi connectivity index (χ3n) is 2.87. The molecular weight excluding hydrogens is 290 g/mol. The van der Waals surface area contributed by atoms with Crippen LogP contribution in [0.2, 0.25) is 0 Å². The van der Waals surface area contributed by atoms with Gasteiger partial charge in [-0.3, -0.25) is 4.68 Å². The first-order valence-corrected chi connectivity index (χ1v) is 7.63. The third-order valence-corrected chi connectivity index (χ3v) is 3.48. The maximum absolute atomic E-state index is 4.47. The number of nitrogens with one attached hydrogen (secondary N) is 1. The number of aryl methyl sites for hydroxylation is 1. The maximum Gasteiger partial charge on any atom is 0.0695 e. The van der Waals surface area contributed by atoms with Crippen LogP contribution in [-0.2, 0) is 6.54 Å². The van der Waals surface area contributed by atoms with Gasteiger partial charge in [-0.15, -0.1) is 0 Å². The van der Waals surface area contributed by atoms with Gasteiger partial charge in [0.1, 0.15) is 0 Å². The van der Waals surface area contributed by atoms with Crippen molar-refractivity contribution in [2.24, 2.45) is 5.41 Å². The van der Waals surface area contributed by atoms with Crippen LogP contribution in [0.15, 0.2) is 10.7 Å². The van der Waals surface area contributed by atoms with Crippen molar-refractivity contribution in [1.29, 1.82) is 0 Å². The van der Waals surface area contributed by atoms with Gasteiger partial charge in [0, 0.05) is 6.54 Å². The summed E-state index contributed by atoms with van der Waals surface area (Å²) >= 11 is 3.64. The Balaban J connectivity index is 3.00. The third kappa shape index (κ3) is 4.39. The van der Waals surface area contributed by atoms with Crippen LogP contribution in [0.1, 0.15) is 59.2 Å². The van der Waals surface area contributed by atoms with E-state index in [2.05, 4.69) is 65.6 Å². The number of aromatic nitrogens is 2.